The molecule has 1 N–H and O–H groups in total. The van der Waals surface area contributed by atoms with Crippen LogP contribution in [0, 0.1) is 0 Å². The summed E-state index contributed by atoms with van der Waals surface area (Å²) in [5, 5.41) is 7.49. The second-order valence-electron chi connectivity index (χ2n) is 8.74. The van der Waals surface area contributed by atoms with Crippen molar-refractivity contribution in [1.29, 1.82) is 0 Å². The maximum atomic E-state index is 6.42. The van der Waals surface area contributed by atoms with Crippen LogP contribution in [-0.4, -0.2) is 62.4 Å². The summed E-state index contributed by atoms with van der Waals surface area (Å²) in [6, 6.07) is 10.2. The monoisotopic (exact) mass is 500 g/mol. The topological polar surface area (TPSA) is 58.5 Å². The molecule has 1 saturated carbocycles. The lowest BCUT2D eigenvalue weighted by Crippen LogP contribution is -2.24. The molecule has 5 rings (SSSR count). The lowest BCUT2D eigenvalue weighted by atomic mass is 10.0. The van der Waals surface area contributed by atoms with Gasteiger partial charge in [0.05, 0.1) is 22.7 Å². The van der Waals surface area contributed by atoms with Crippen LogP contribution in [0.4, 0.5) is 0 Å². The number of hydrogen-bond donors (Lipinski definition) is 1. The molecule has 0 amide bonds. The lowest BCUT2D eigenvalue weighted by molar-refractivity contribution is 0.0866. The first-order valence-electron chi connectivity index (χ1n) is 11.9. The van der Waals surface area contributed by atoms with Crippen LogP contribution in [0.25, 0.3) is 6.08 Å². The van der Waals surface area contributed by atoms with Crippen LogP contribution in [0.1, 0.15) is 48.1 Å². The molecule has 8 heteroatoms. The fraction of sp³-hybridized carbons (Fsp3) is 0.462. The number of aliphatic imine (C=N–C) groups is 1. The van der Waals surface area contributed by atoms with E-state index in [1.165, 1.54) is 24.2 Å². The minimum atomic E-state index is 0.0966. The summed E-state index contributed by atoms with van der Waals surface area (Å²) in [4.78, 5) is 13.5. The zero-order chi connectivity index (χ0) is 23.9. The second kappa shape index (κ2) is 11.9. The molecule has 1 atom stereocenters. The van der Waals surface area contributed by atoms with Gasteiger partial charge in [-0.15, -0.1) is 11.3 Å². The minimum absolute atomic E-state index is 0.0966. The number of nitrogens with zero attached hydrogens (tertiary/aromatic N) is 3. The van der Waals surface area contributed by atoms with Gasteiger partial charge in [-0.2, -0.15) is 0 Å². The fourth-order valence-electron chi connectivity index (χ4n) is 4.39. The van der Waals surface area contributed by atoms with E-state index >= 15 is 0 Å². The summed E-state index contributed by atoms with van der Waals surface area (Å²) >= 11 is 7.15. The first-order chi connectivity index (χ1) is 16.6. The SMILES string of the molecule is C=Cc1ccc(Cl)s1.CNCC1CC(c2ccc(C3=NCCN3C)cc2OC2CCCC2)=NO1. The molecule has 182 valence electrons. The first kappa shape index (κ1) is 24.8. The number of ether oxygens (including phenoxy) is 1. The maximum absolute atomic E-state index is 6.42. The molecule has 0 bridgehead atoms. The predicted octanol–water partition coefficient (Wildman–Crippen LogP) is 5.46. The molecule has 2 aliphatic heterocycles. The summed E-state index contributed by atoms with van der Waals surface area (Å²) in [7, 11) is 4.03. The van der Waals surface area contributed by atoms with Crippen LogP contribution in [0.2, 0.25) is 4.34 Å². The van der Waals surface area contributed by atoms with Crippen molar-refractivity contribution in [3.05, 3.63) is 57.3 Å². The highest BCUT2D eigenvalue weighted by molar-refractivity contribution is 7.16. The van der Waals surface area contributed by atoms with E-state index in [1.54, 1.807) is 6.08 Å². The Kier molecular flexibility index (Phi) is 8.64. The Morgan fingerprint density at radius 3 is 2.74 bits per heavy atom. The third kappa shape index (κ3) is 6.20. The van der Waals surface area contributed by atoms with Crippen LogP contribution in [0.15, 0.2) is 47.1 Å². The molecule has 0 radical (unpaired) electrons. The number of nitrogens with one attached hydrogen (secondary N) is 1. The zero-order valence-corrected chi connectivity index (χ0v) is 21.5. The highest BCUT2D eigenvalue weighted by atomic mass is 35.5. The molecular weight excluding hydrogens is 468 g/mol. The van der Waals surface area contributed by atoms with Gasteiger partial charge in [0.1, 0.15) is 17.7 Å². The van der Waals surface area contributed by atoms with Gasteiger partial charge >= 0.3 is 0 Å². The molecule has 1 unspecified atom stereocenters. The van der Waals surface area contributed by atoms with Crippen molar-refractivity contribution < 1.29 is 9.57 Å². The highest BCUT2D eigenvalue weighted by Crippen LogP contribution is 2.31. The second-order valence-corrected chi connectivity index (χ2v) is 10.5. The van der Waals surface area contributed by atoms with Gasteiger partial charge in [-0.3, -0.25) is 4.99 Å². The van der Waals surface area contributed by atoms with Gasteiger partial charge in [0.25, 0.3) is 0 Å². The molecule has 1 aromatic carbocycles. The summed E-state index contributed by atoms with van der Waals surface area (Å²) in [5.74, 6) is 1.97. The van der Waals surface area contributed by atoms with Crippen LogP contribution in [0.3, 0.4) is 0 Å². The van der Waals surface area contributed by atoms with E-state index in [-0.39, 0.29) is 6.10 Å². The molecule has 2 aromatic rings. The molecular formula is C26H33ClN4O2S. The molecule has 1 aliphatic carbocycles. The predicted molar refractivity (Wildman–Crippen MR) is 143 cm³/mol. The molecule has 1 fully saturated rings. The third-order valence-electron chi connectivity index (χ3n) is 6.17. The van der Waals surface area contributed by atoms with Crippen LogP contribution in [-0.2, 0) is 4.84 Å². The summed E-state index contributed by atoms with van der Waals surface area (Å²) < 4.78 is 7.24. The average molecular weight is 501 g/mol. The average Bonchev–Trinajstić information content (AvgIpc) is 3.63. The lowest BCUT2D eigenvalue weighted by Gasteiger charge is -2.19. The Morgan fingerprint density at radius 2 is 2.12 bits per heavy atom. The van der Waals surface area contributed by atoms with Gasteiger partial charge in [-0.25, -0.2) is 0 Å². The van der Waals surface area contributed by atoms with Crippen molar-refractivity contribution >= 4 is 40.6 Å². The Balaban J connectivity index is 0.000000291. The van der Waals surface area contributed by atoms with Gasteiger partial charge in [-0.1, -0.05) is 35.5 Å². The van der Waals surface area contributed by atoms with Gasteiger partial charge < -0.3 is 19.8 Å². The molecule has 1 aromatic heterocycles. The third-order valence-corrected chi connectivity index (χ3v) is 7.39. The van der Waals surface area contributed by atoms with Crippen LogP contribution >= 0.6 is 22.9 Å². The smallest absolute Gasteiger partial charge is 0.145 e. The van der Waals surface area contributed by atoms with E-state index in [0.717, 1.165) is 76.5 Å². The van der Waals surface area contributed by atoms with Crippen molar-refractivity contribution in [3.8, 4) is 5.75 Å². The molecule has 0 saturated heterocycles. The number of oxime groups is 1. The minimum Gasteiger partial charge on any atom is -0.490 e. The Morgan fingerprint density at radius 1 is 1.29 bits per heavy atom. The highest BCUT2D eigenvalue weighted by Gasteiger charge is 2.27. The molecule has 6 nitrogen and oxygen atoms in total. The maximum Gasteiger partial charge on any atom is 0.145 e. The van der Waals surface area contributed by atoms with Crippen molar-refractivity contribution in [3.63, 3.8) is 0 Å². The van der Waals surface area contributed by atoms with Crippen LogP contribution in [0.5, 0.6) is 5.75 Å². The summed E-state index contributed by atoms with van der Waals surface area (Å²) in [6.07, 6.45) is 7.78. The normalized spacial score (nSPS) is 19.9. The molecule has 34 heavy (non-hydrogen) atoms. The molecule has 3 aliphatic rings. The number of hydrogen-bond acceptors (Lipinski definition) is 7. The van der Waals surface area contributed by atoms with Crippen molar-refractivity contribution in [2.45, 2.75) is 44.3 Å². The van der Waals surface area contributed by atoms with Gasteiger partial charge in [0.15, 0.2) is 0 Å². The number of likely N-dealkylation sites (N-methyl/N-ethyl adjacent to an activating group) is 2. The van der Waals surface area contributed by atoms with E-state index in [2.05, 4.69) is 52.2 Å². The summed E-state index contributed by atoms with van der Waals surface area (Å²) in [6.45, 7) is 6.23. The van der Waals surface area contributed by atoms with Crippen molar-refractivity contribution in [2.75, 3.05) is 33.7 Å². The number of amidine groups is 1. The quantitative estimate of drug-likeness (QED) is 0.548. The largest absolute Gasteiger partial charge is 0.490 e. The van der Waals surface area contributed by atoms with Gasteiger partial charge in [0.2, 0.25) is 0 Å². The Labute approximate surface area is 211 Å². The number of rotatable bonds is 7. The van der Waals surface area contributed by atoms with Crippen molar-refractivity contribution in [1.82, 2.24) is 10.2 Å². The van der Waals surface area contributed by atoms with Crippen molar-refractivity contribution in [2.24, 2.45) is 10.1 Å². The number of halogens is 1. The van der Waals surface area contributed by atoms with E-state index in [9.17, 15) is 0 Å². The first-order valence-corrected chi connectivity index (χ1v) is 13.1. The Hall–Kier alpha value is -2.35. The Bertz CT molecular complexity index is 1050. The number of thiophene rings is 1. The van der Waals surface area contributed by atoms with Gasteiger partial charge in [-0.05, 0) is 57.0 Å². The van der Waals surface area contributed by atoms with E-state index in [0.29, 0.717) is 6.10 Å². The van der Waals surface area contributed by atoms with E-state index < -0.39 is 0 Å². The van der Waals surface area contributed by atoms with Gasteiger partial charge in [0, 0.05) is 42.6 Å². The van der Waals surface area contributed by atoms with E-state index in [1.807, 2.05) is 19.2 Å². The van der Waals surface area contributed by atoms with E-state index in [4.69, 9.17) is 21.2 Å². The van der Waals surface area contributed by atoms with Crippen LogP contribution < -0.4 is 10.1 Å². The molecule has 0 spiro atoms. The number of benzene rings is 1. The zero-order valence-electron chi connectivity index (χ0n) is 19.9. The molecule has 3 heterocycles. The standard InChI is InChI=1S/C20H28N4O2.C6H5ClS/c1-21-13-16-12-18(23-26-16)17-8-7-14(20-22-9-10-24(20)2)11-19(17)25-15-5-3-4-6-15;1-2-5-3-4-6(7)8-5/h7-8,11,15-16,21H,3-6,9-10,12-13H2,1-2H3;2-4H,1H2. The fourth-order valence-corrected chi connectivity index (χ4v) is 5.30. The summed E-state index contributed by atoms with van der Waals surface area (Å²) in [5.41, 5.74) is 3.15.